The number of ether oxygens (including phenoxy) is 2. The maximum absolute atomic E-state index is 11.8. The molecule has 1 aromatic carbocycles. The molecule has 0 aliphatic carbocycles. The number of halogens is 1. The molecule has 1 rings (SSSR count). The number of carbonyl (C=O) groups is 2. The normalized spacial score (nSPS) is 10.3. The lowest BCUT2D eigenvalue weighted by molar-refractivity contribution is -0.123. The summed E-state index contributed by atoms with van der Waals surface area (Å²) in [6.07, 6.45) is 2.48. The Hall–Kier alpha value is -1.56. The lowest BCUT2D eigenvalue weighted by Gasteiger charge is -2.16. The molecule has 6 heteroatoms. The zero-order chi connectivity index (χ0) is 15.8. The van der Waals surface area contributed by atoms with E-state index < -0.39 is 0 Å². The topological polar surface area (TPSA) is 64.6 Å². The number of hydrogen-bond acceptors (Lipinski definition) is 4. The number of carbonyl (C=O) groups excluding carboxylic acids is 2. The third-order valence-electron chi connectivity index (χ3n) is 3.09. The van der Waals surface area contributed by atoms with E-state index in [2.05, 4.69) is 21.2 Å². The Labute approximate surface area is 133 Å². The van der Waals surface area contributed by atoms with Gasteiger partial charge in [-0.1, -0.05) is 13.8 Å². The first-order valence-corrected chi connectivity index (χ1v) is 7.59. The van der Waals surface area contributed by atoms with Crippen molar-refractivity contribution >= 4 is 28.1 Å². The maximum Gasteiger partial charge on any atom is 0.258 e. The molecule has 1 amide bonds. The van der Waals surface area contributed by atoms with Crippen molar-refractivity contribution in [3.05, 3.63) is 22.2 Å². The average molecular weight is 358 g/mol. The summed E-state index contributed by atoms with van der Waals surface area (Å²) in [6, 6.07) is 3.33. The first kappa shape index (κ1) is 17.5. The van der Waals surface area contributed by atoms with Crippen LogP contribution in [0, 0.1) is 0 Å². The van der Waals surface area contributed by atoms with E-state index in [4.69, 9.17) is 9.47 Å². The second-order valence-electron chi connectivity index (χ2n) is 4.52. The summed E-state index contributed by atoms with van der Waals surface area (Å²) in [7, 11) is 1.48. The Bertz CT molecular complexity index is 501. The molecule has 0 unspecified atom stereocenters. The van der Waals surface area contributed by atoms with Crippen LogP contribution in [-0.2, 0) is 4.79 Å². The molecule has 0 heterocycles. The minimum absolute atomic E-state index is 0.105. The average Bonchev–Trinajstić information content (AvgIpc) is 2.50. The van der Waals surface area contributed by atoms with Gasteiger partial charge in [0.05, 0.1) is 11.6 Å². The molecule has 5 nitrogen and oxygen atoms in total. The van der Waals surface area contributed by atoms with Crippen molar-refractivity contribution < 1.29 is 19.1 Å². The third kappa shape index (κ3) is 5.04. The first-order chi connectivity index (χ1) is 10.0. The summed E-state index contributed by atoms with van der Waals surface area (Å²) < 4.78 is 11.3. The monoisotopic (exact) mass is 357 g/mol. The number of aldehydes is 1. The predicted molar refractivity (Wildman–Crippen MR) is 84.1 cm³/mol. The van der Waals surface area contributed by atoms with Gasteiger partial charge in [0.1, 0.15) is 6.29 Å². The second kappa shape index (κ2) is 8.67. The third-order valence-corrected chi connectivity index (χ3v) is 3.68. The van der Waals surface area contributed by atoms with Crippen LogP contribution in [0.1, 0.15) is 37.0 Å². The number of rotatable bonds is 8. The van der Waals surface area contributed by atoms with Crippen molar-refractivity contribution in [1.29, 1.82) is 0 Å². The predicted octanol–water partition coefficient (Wildman–Crippen LogP) is 2.95. The molecule has 0 atom stereocenters. The number of amides is 1. The zero-order valence-electron chi connectivity index (χ0n) is 12.4. The molecule has 0 bridgehead atoms. The van der Waals surface area contributed by atoms with Gasteiger partial charge in [-0.15, -0.1) is 0 Å². The quantitative estimate of drug-likeness (QED) is 0.726. The fourth-order valence-corrected chi connectivity index (χ4v) is 2.42. The van der Waals surface area contributed by atoms with Crippen molar-refractivity contribution in [3.8, 4) is 11.5 Å². The maximum atomic E-state index is 11.8. The smallest absolute Gasteiger partial charge is 0.258 e. The van der Waals surface area contributed by atoms with E-state index >= 15 is 0 Å². The highest BCUT2D eigenvalue weighted by Crippen LogP contribution is 2.36. The number of benzene rings is 1. The number of methoxy groups -OCH3 is 1. The van der Waals surface area contributed by atoms with Gasteiger partial charge in [-0.05, 0) is 40.9 Å². The van der Waals surface area contributed by atoms with E-state index in [-0.39, 0.29) is 18.6 Å². The molecule has 0 saturated carbocycles. The van der Waals surface area contributed by atoms with Crippen LogP contribution in [0.3, 0.4) is 0 Å². The summed E-state index contributed by atoms with van der Waals surface area (Å²) in [6.45, 7) is 3.94. The van der Waals surface area contributed by atoms with Crippen LogP contribution in [0.5, 0.6) is 11.5 Å². The van der Waals surface area contributed by atoms with Crippen LogP contribution in [0.4, 0.5) is 0 Å². The van der Waals surface area contributed by atoms with Gasteiger partial charge in [0.15, 0.2) is 18.1 Å². The summed E-state index contributed by atoms with van der Waals surface area (Å²) >= 11 is 3.31. The number of nitrogens with one attached hydrogen (secondary N) is 1. The molecule has 0 radical (unpaired) electrons. The van der Waals surface area contributed by atoms with E-state index in [9.17, 15) is 9.59 Å². The van der Waals surface area contributed by atoms with Gasteiger partial charge in [-0.3, -0.25) is 9.59 Å². The summed E-state index contributed by atoms with van der Waals surface area (Å²) in [5, 5.41) is 2.89. The Morgan fingerprint density at radius 2 is 2.05 bits per heavy atom. The van der Waals surface area contributed by atoms with Crippen molar-refractivity contribution in [2.45, 2.75) is 32.7 Å². The van der Waals surface area contributed by atoms with E-state index in [1.807, 2.05) is 13.8 Å². The highest BCUT2D eigenvalue weighted by molar-refractivity contribution is 9.10. The lowest BCUT2D eigenvalue weighted by Crippen LogP contribution is -2.37. The molecule has 0 fully saturated rings. The second-order valence-corrected chi connectivity index (χ2v) is 5.38. The molecule has 0 spiro atoms. The Kier molecular flexibility index (Phi) is 7.22. The lowest BCUT2D eigenvalue weighted by atomic mass is 10.2. The van der Waals surface area contributed by atoms with Crippen molar-refractivity contribution in [2.75, 3.05) is 13.7 Å². The summed E-state index contributed by atoms with van der Waals surface area (Å²) in [5.41, 5.74) is 0.465. The van der Waals surface area contributed by atoms with Crippen molar-refractivity contribution in [1.82, 2.24) is 5.32 Å². The van der Waals surface area contributed by atoms with E-state index in [1.54, 1.807) is 12.1 Å². The Morgan fingerprint density at radius 3 is 2.57 bits per heavy atom. The van der Waals surface area contributed by atoms with Gasteiger partial charge < -0.3 is 14.8 Å². The van der Waals surface area contributed by atoms with Crippen molar-refractivity contribution in [3.63, 3.8) is 0 Å². The van der Waals surface area contributed by atoms with Gasteiger partial charge >= 0.3 is 0 Å². The van der Waals surface area contributed by atoms with Gasteiger partial charge in [-0.25, -0.2) is 0 Å². The van der Waals surface area contributed by atoms with Crippen LogP contribution in [0.25, 0.3) is 0 Å². The Balaban J connectivity index is 2.75. The molecule has 0 saturated heterocycles. The van der Waals surface area contributed by atoms with Crippen molar-refractivity contribution in [2.24, 2.45) is 0 Å². The summed E-state index contributed by atoms with van der Waals surface area (Å²) in [5.74, 6) is 0.627. The molecule has 0 aliphatic rings. The first-order valence-electron chi connectivity index (χ1n) is 6.80. The van der Waals surface area contributed by atoms with Crippen LogP contribution in [-0.4, -0.2) is 32.0 Å². The molecule has 116 valence electrons. The Morgan fingerprint density at radius 1 is 1.38 bits per heavy atom. The van der Waals surface area contributed by atoms with E-state index in [0.29, 0.717) is 21.5 Å². The molecule has 1 N–H and O–H groups in total. The minimum atomic E-state index is -0.183. The van der Waals surface area contributed by atoms with E-state index in [0.717, 1.165) is 19.1 Å². The standard InChI is InChI=1S/C15H20BrNO4/c1-4-11(5-2)17-14(19)9-21-15-12(16)6-10(8-18)7-13(15)20-3/h6-8,11H,4-5,9H2,1-3H3,(H,17,19). The van der Waals surface area contributed by atoms with Gasteiger partial charge in [0, 0.05) is 11.6 Å². The number of hydrogen-bond donors (Lipinski definition) is 1. The van der Waals surface area contributed by atoms with Gasteiger partial charge in [0.25, 0.3) is 5.91 Å². The highest BCUT2D eigenvalue weighted by atomic mass is 79.9. The molecule has 1 aromatic rings. The van der Waals surface area contributed by atoms with Crippen LogP contribution < -0.4 is 14.8 Å². The molecular weight excluding hydrogens is 338 g/mol. The van der Waals surface area contributed by atoms with E-state index in [1.165, 1.54) is 7.11 Å². The largest absolute Gasteiger partial charge is 0.493 e. The van der Waals surface area contributed by atoms with Crippen LogP contribution >= 0.6 is 15.9 Å². The van der Waals surface area contributed by atoms with Gasteiger partial charge in [-0.2, -0.15) is 0 Å². The SMILES string of the molecule is CCC(CC)NC(=O)COc1c(Br)cc(C=O)cc1OC. The molecule has 0 aliphatic heterocycles. The molecule has 21 heavy (non-hydrogen) atoms. The molecular formula is C15H20BrNO4. The fraction of sp³-hybridized carbons (Fsp3) is 0.467. The zero-order valence-corrected chi connectivity index (χ0v) is 14.0. The van der Waals surface area contributed by atoms with Gasteiger partial charge in [0.2, 0.25) is 0 Å². The van der Waals surface area contributed by atoms with Crippen LogP contribution in [0.15, 0.2) is 16.6 Å². The fourth-order valence-electron chi connectivity index (χ4n) is 1.85. The highest BCUT2D eigenvalue weighted by Gasteiger charge is 2.14. The van der Waals surface area contributed by atoms with Crippen LogP contribution in [0.2, 0.25) is 0 Å². The minimum Gasteiger partial charge on any atom is -0.493 e. The molecule has 0 aromatic heterocycles. The summed E-state index contributed by atoms with van der Waals surface area (Å²) in [4.78, 5) is 22.6.